The molecule has 0 bridgehead atoms. The lowest BCUT2D eigenvalue weighted by Gasteiger charge is -2.26. The summed E-state index contributed by atoms with van der Waals surface area (Å²) in [5, 5.41) is 3.65. The number of aryl methyl sites for hydroxylation is 1. The maximum atomic E-state index is 4.73. The Bertz CT molecular complexity index is 721. The summed E-state index contributed by atoms with van der Waals surface area (Å²) in [5.74, 6) is 2.82. The molecule has 2 aromatic rings. The monoisotopic (exact) mass is 322 g/mol. The van der Waals surface area contributed by atoms with Gasteiger partial charge in [-0.3, -0.25) is 0 Å². The minimum Gasteiger partial charge on any atom is -0.367 e. The van der Waals surface area contributed by atoms with Gasteiger partial charge in [-0.15, -0.1) is 0 Å². The van der Waals surface area contributed by atoms with Gasteiger partial charge in [-0.25, -0.2) is 9.97 Å². The van der Waals surface area contributed by atoms with Crippen molar-refractivity contribution >= 4 is 17.3 Å². The lowest BCUT2D eigenvalue weighted by atomic mass is 9.95. The van der Waals surface area contributed by atoms with E-state index in [-0.39, 0.29) is 0 Å². The van der Waals surface area contributed by atoms with Gasteiger partial charge in [-0.2, -0.15) is 0 Å². The first-order chi connectivity index (χ1) is 11.7. The first kappa shape index (κ1) is 15.4. The standard InChI is InChI=1S/C20H26N4/c1-14-12-16-8-6-7-11-18(16)24(14)20-13-19(21-15(2)22-20)23-17-9-4-3-5-10-17/h6-8,11,13-14,17H,3-5,9-10,12H2,1-2H3,(H,21,22,23). The second kappa shape index (κ2) is 6.42. The molecule has 0 saturated heterocycles. The van der Waals surface area contributed by atoms with Gasteiger partial charge >= 0.3 is 0 Å². The Labute approximate surface area is 144 Å². The van der Waals surface area contributed by atoms with Crippen LogP contribution in [0.5, 0.6) is 0 Å². The molecule has 1 fully saturated rings. The molecule has 1 aromatic carbocycles. The van der Waals surface area contributed by atoms with E-state index in [0.29, 0.717) is 12.1 Å². The summed E-state index contributed by atoms with van der Waals surface area (Å²) in [6.07, 6.45) is 7.60. The average Bonchev–Trinajstić information content (AvgIpc) is 2.91. The van der Waals surface area contributed by atoms with Gasteiger partial charge in [-0.1, -0.05) is 37.5 Å². The molecule has 126 valence electrons. The third kappa shape index (κ3) is 2.97. The van der Waals surface area contributed by atoms with Crippen molar-refractivity contribution in [1.82, 2.24) is 9.97 Å². The smallest absolute Gasteiger partial charge is 0.139 e. The van der Waals surface area contributed by atoms with E-state index in [9.17, 15) is 0 Å². The fourth-order valence-corrected chi connectivity index (χ4v) is 4.12. The Kier molecular flexibility index (Phi) is 4.13. The van der Waals surface area contributed by atoms with E-state index in [2.05, 4.69) is 52.5 Å². The number of nitrogens with one attached hydrogen (secondary N) is 1. The van der Waals surface area contributed by atoms with Gasteiger partial charge in [0.15, 0.2) is 0 Å². The van der Waals surface area contributed by atoms with Crippen molar-refractivity contribution in [3.8, 4) is 0 Å². The molecule has 0 radical (unpaired) electrons. The van der Waals surface area contributed by atoms with E-state index in [1.807, 2.05) is 6.92 Å². The summed E-state index contributed by atoms with van der Waals surface area (Å²) >= 11 is 0. The summed E-state index contributed by atoms with van der Waals surface area (Å²) in [6.45, 7) is 4.26. The Hall–Kier alpha value is -2.10. The molecule has 4 heteroatoms. The van der Waals surface area contributed by atoms with Crippen LogP contribution in [0.2, 0.25) is 0 Å². The van der Waals surface area contributed by atoms with Crippen molar-refractivity contribution in [1.29, 1.82) is 0 Å². The van der Waals surface area contributed by atoms with Crippen molar-refractivity contribution in [2.75, 3.05) is 10.2 Å². The third-order valence-electron chi connectivity index (χ3n) is 5.24. The highest BCUT2D eigenvalue weighted by atomic mass is 15.2. The molecule has 1 atom stereocenters. The number of aromatic nitrogens is 2. The molecule has 24 heavy (non-hydrogen) atoms. The second-order valence-corrected chi connectivity index (χ2v) is 7.19. The molecule has 2 heterocycles. The molecule has 1 saturated carbocycles. The molecule has 0 amide bonds. The topological polar surface area (TPSA) is 41.1 Å². The normalized spacial score (nSPS) is 20.9. The number of hydrogen-bond donors (Lipinski definition) is 1. The van der Waals surface area contributed by atoms with Crippen LogP contribution in [-0.2, 0) is 6.42 Å². The van der Waals surface area contributed by atoms with Crippen LogP contribution in [0.15, 0.2) is 30.3 Å². The highest BCUT2D eigenvalue weighted by Gasteiger charge is 2.28. The summed E-state index contributed by atoms with van der Waals surface area (Å²) < 4.78 is 0. The maximum Gasteiger partial charge on any atom is 0.139 e. The number of para-hydroxylation sites is 1. The van der Waals surface area contributed by atoms with Gasteiger partial charge in [0.05, 0.1) is 0 Å². The third-order valence-corrected chi connectivity index (χ3v) is 5.24. The fraction of sp³-hybridized carbons (Fsp3) is 0.500. The molecule has 4 nitrogen and oxygen atoms in total. The zero-order valence-corrected chi connectivity index (χ0v) is 14.6. The maximum absolute atomic E-state index is 4.73. The fourth-order valence-electron chi connectivity index (χ4n) is 4.12. The van der Waals surface area contributed by atoms with Crippen LogP contribution in [0, 0.1) is 6.92 Å². The van der Waals surface area contributed by atoms with E-state index >= 15 is 0 Å². The molecule has 1 aliphatic heterocycles. The minimum atomic E-state index is 0.430. The van der Waals surface area contributed by atoms with Crippen LogP contribution >= 0.6 is 0 Å². The van der Waals surface area contributed by atoms with Crippen LogP contribution in [0.25, 0.3) is 0 Å². The first-order valence-electron chi connectivity index (χ1n) is 9.20. The molecular weight excluding hydrogens is 296 g/mol. The first-order valence-corrected chi connectivity index (χ1v) is 9.20. The van der Waals surface area contributed by atoms with E-state index in [4.69, 9.17) is 4.98 Å². The lowest BCUT2D eigenvalue weighted by molar-refractivity contribution is 0.461. The number of nitrogens with zero attached hydrogens (tertiary/aromatic N) is 3. The van der Waals surface area contributed by atoms with Crippen LogP contribution in [0.4, 0.5) is 17.3 Å². The van der Waals surface area contributed by atoms with Gasteiger partial charge in [0, 0.05) is 23.8 Å². The van der Waals surface area contributed by atoms with E-state index in [1.54, 1.807) is 0 Å². The number of hydrogen-bond acceptors (Lipinski definition) is 4. The quantitative estimate of drug-likeness (QED) is 0.896. The highest BCUT2D eigenvalue weighted by Crippen LogP contribution is 2.37. The molecule has 1 unspecified atom stereocenters. The van der Waals surface area contributed by atoms with Crippen molar-refractivity contribution < 1.29 is 0 Å². The average molecular weight is 322 g/mol. The predicted octanol–water partition coefficient (Wildman–Crippen LogP) is 4.61. The number of anilines is 3. The summed E-state index contributed by atoms with van der Waals surface area (Å²) in [6, 6.07) is 11.8. The van der Waals surface area contributed by atoms with E-state index in [0.717, 1.165) is 23.9 Å². The van der Waals surface area contributed by atoms with E-state index in [1.165, 1.54) is 43.4 Å². The summed E-state index contributed by atoms with van der Waals surface area (Å²) in [7, 11) is 0. The van der Waals surface area contributed by atoms with Crippen LogP contribution in [0.3, 0.4) is 0 Å². The number of fused-ring (bicyclic) bond motifs is 1. The molecule has 2 aliphatic rings. The highest BCUT2D eigenvalue weighted by molar-refractivity contribution is 5.70. The van der Waals surface area contributed by atoms with Gasteiger partial charge in [0.25, 0.3) is 0 Å². The Balaban J connectivity index is 1.63. The molecule has 0 spiro atoms. The molecule has 1 aliphatic carbocycles. The van der Waals surface area contributed by atoms with Crippen LogP contribution in [-0.4, -0.2) is 22.1 Å². The predicted molar refractivity (Wildman–Crippen MR) is 99.0 cm³/mol. The molecule has 1 N–H and O–H groups in total. The van der Waals surface area contributed by atoms with Crippen LogP contribution < -0.4 is 10.2 Å². The Morgan fingerprint density at radius 1 is 1.08 bits per heavy atom. The Morgan fingerprint density at radius 2 is 1.88 bits per heavy atom. The van der Waals surface area contributed by atoms with Crippen LogP contribution in [0.1, 0.15) is 50.4 Å². The molecule has 1 aromatic heterocycles. The lowest BCUT2D eigenvalue weighted by Crippen LogP contribution is -2.26. The van der Waals surface area contributed by atoms with Gasteiger partial charge in [0.2, 0.25) is 0 Å². The summed E-state index contributed by atoms with van der Waals surface area (Å²) in [4.78, 5) is 11.7. The van der Waals surface area contributed by atoms with Crippen molar-refractivity contribution in [2.24, 2.45) is 0 Å². The zero-order valence-electron chi connectivity index (χ0n) is 14.6. The zero-order chi connectivity index (χ0) is 16.5. The number of rotatable bonds is 3. The SMILES string of the molecule is Cc1nc(NC2CCCCC2)cc(N2c3ccccc3CC2C)n1. The van der Waals surface area contributed by atoms with Gasteiger partial charge in [0.1, 0.15) is 17.5 Å². The minimum absolute atomic E-state index is 0.430. The van der Waals surface area contributed by atoms with Gasteiger partial charge in [-0.05, 0) is 44.7 Å². The largest absolute Gasteiger partial charge is 0.367 e. The second-order valence-electron chi connectivity index (χ2n) is 7.19. The van der Waals surface area contributed by atoms with E-state index < -0.39 is 0 Å². The summed E-state index contributed by atoms with van der Waals surface area (Å²) in [5.41, 5.74) is 2.69. The molecular formula is C20H26N4. The number of benzene rings is 1. The van der Waals surface area contributed by atoms with Crippen molar-refractivity contribution in [2.45, 2.75) is 64.5 Å². The van der Waals surface area contributed by atoms with Crippen molar-refractivity contribution in [3.05, 3.63) is 41.7 Å². The van der Waals surface area contributed by atoms with Gasteiger partial charge < -0.3 is 10.2 Å². The van der Waals surface area contributed by atoms with Crippen molar-refractivity contribution in [3.63, 3.8) is 0 Å². The Morgan fingerprint density at radius 3 is 2.71 bits per heavy atom. The molecule has 4 rings (SSSR count).